The maximum Gasteiger partial charge on any atom is 0.422 e. The number of pyridine rings is 1. The van der Waals surface area contributed by atoms with Crippen LogP contribution in [0.2, 0.25) is 0 Å². The Hall–Kier alpha value is -3.30. The monoisotopic (exact) mass is 397 g/mol. The summed E-state index contributed by atoms with van der Waals surface area (Å²) in [6.07, 6.45) is -3.80. The molecule has 1 aromatic carbocycles. The van der Waals surface area contributed by atoms with Crippen LogP contribution in [-0.2, 0) is 11.3 Å². The smallest absolute Gasteiger partial charge is 0.422 e. The van der Waals surface area contributed by atoms with Crippen molar-refractivity contribution in [3.8, 4) is 5.88 Å². The predicted molar refractivity (Wildman–Crippen MR) is 94.0 cm³/mol. The van der Waals surface area contributed by atoms with Gasteiger partial charge in [0.05, 0.1) is 6.61 Å². The minimum absolute atomic E-state index is 0.0668. The Bertz CT molecular complexity index is 810. The number of amides is 2. The number of hydrogen-bond donors (Lipinski definition) is 2. The van der Waals surface area contributed by atoms with Crippen molar-refractivity contribution >= 4 is 17.7 Å². The Morgan fingerprint density at radius 3 is 2.50 bits per heavy atom. The number of halogens is 3. The van der Waals surface area contributed by atoms with Gasteiger partial charge in [0.25, 0.3) is 5.91 Å². The average Bonchev–Trinajstić information content (AvgIpc) is 2.65. The van der Waals surface area contributed by atoms with Crippen LogP contribution >= 0.6 is 0 Å². The van der Waals surface area contributed by atoms with Gasteiger partial charge in [-0.15, -0.1) is 0 Å². The molecule has 0 aliphatic heterocycles. The molecule has 2 rings (SSSR count). The van der Waals surface area contributed by atoms with E-state index in [4.69, 9.17) is 4.74 Å². The van der Waals surface area contributed by atoms with E-state index >= 15 is 0 Å². The molecule has 2 amide bonds. The summed E-state index contributed by atoms with van der Waals surface area (Å²) >= 11 is 0. The first kappa shape index (κ1) is 21.0. The highest BCUT2D eigenvalue weighted by Crippen LogP contribution is 2.20. The fourth-order valence-corrected chi connectivity index (χ4v) is 2.11. The Morgan fingerprint density at radius 2 is 1.86 bits per heavy atom. The third-order valence-corrected chi connectivity index (χ3v) is 3.33. The summed E-state index contributed by atoms with van der Waals surface area (Å²) in [5.74, 6) is -0.651. The number of ether oxygens (including phenoxy) is 2. The van der Waals surface area contributed by atoms with Crippen molar-refractivity contribution in [1.82, 2.24) is 10.3 Å². The van der Waals surface area contributed by atoms with Crippen molar-refractivity contribution < 1.29 is 32.2 Å². The summed E-state index contributed by atoms with van der Waals surface area (Å²) < 4.78 is 46.3. The molecular weight excluding hydrogens is 379 g/mol. The number of carbonyl (C=O) groups is 2. The predicted octanol–water partition coefficient (Wildman–Crippen LogP) is 3.52. The first-order valence-electron chi connectivity index (χ1n) is 8.24. The van der Waals surface area contributed by atoms with Crippen LogP contribution in [0, 0.1) is 0 Å². The molecule has 0 radical (unpaired) electrons. The van der Waals surface area contributed by atoms with E-state index in [9.17, 15) is 22.8 Å². The summed E-state index contributed by atoms with van der Waals surface area (Å²) in [6, 6.07) is 9.05. The second-order valence-electron chi connectivity index (χ2n) is 5.48. The largest absolute Gasteiger partial charge is 0.468 e. The first-order valence-corrected chi connectivity index (χ1v) is 8.24. The lowest BCUT2D eigenvalue weighted by Crippen LogP contribution is -2.24. The number of anilines is 1. The molecule has 0 saturated carbocycles. The molecular formula is C18H18F3N3O4. The Morgan fingerprint density at radius 1 is 1.14 bits per heavy atom. The number of aromatic nitrogens is 1. The molecule has 2 N–H and O–H groups in total. The first-order chi connectivity index (χ1) is 13.3. The minimum Gasteiger partial charge on any atom is -0.468 e. The van der Waals surface area contributed by atoms with E-state index in [1.807, 2.05) is 0 Å². The molecule has 0 fully saturated rings. The normalized spacial score (nSPS) is 10.9. The third-order valence-electron chi connectivity index (χ3n) is 3.33. The highest BCUT2D eigenvalue weighted by molar-refractivity contribution is 5.95. The molecule has 0 spiro atoms. The second-order valence-corrected chi connectivity index (χ2v) is 5.48. The molecule has 10 heteroatoms. The van der Waals surface area contributed by atoms with Crippen molar-refractivity contribution in [1.29, 1.82) is 0 Å². The van der Waals surface area contributed by atoms with Gasteiger partial charge in [0, 0.05) is 29.6 Å². The fourth-order valence-electron chi connectivity index (χ4n) is 2.11. The molecule has 0 aliphatic carbocycles. The summed E-state index contributed by atoms with van der Waals surface area (Å²) in [5, 5.41) is 5.07. The topological polar surface area (TPSA) is 89.5 Å². The molecule has 0 unspecified atom stereocenters. The van der Waals surface area contributed by atoms with Crippen LogP contribution in [0.4, 0.5) is 23.7 Å². The quantitative estimate of drug-likeness (QED) is 0.746. The van der Waals surface area contributed by atoms with Gasteiger partial charge in [-0.25, -0.2) is 9.78 Å². The molecule has 1 aromatic heterocycles. The van der Waals surface area contributed by atoms with Gasteiger partial charge in [0.15, 0.2) is 6.61 Å². The highest BCUT2D eigenvalue weighted by Gasteiger charge is 2.29. The van der Waals surface area contributed by atoms with Gasteiger partial charge in [-0.3, -0.25) is 10.1 Å². The van der Waals surface area contributed by atoms with Crippen LogP contribution in [0.25, 0.3) is 0 Å². The van der Waals surface area contributed by atoms with Crippen LogP contribution < -0.4 is 15.4 Å². The number of alkyl halides is 3. The summed E-state index contributed by atoms with van der Waals surface area (Å²) in [4.78, 5) is 27.3. The van der Waals surface area contributed by atoms with E-state index in [2.05, 4.69) is 20.4 Å². The Balaban J connectivity index is 1.94. The highest BCUT2D eigenvalue weighted by atomic mass is 19.4. The third kappa shape index (κ3) is 6.78. The molecule has 1 heterocycles. The van der Waals surface area contributed by atoms with Gasteiger partial charge in [0.1, 0.15) is 0 Å². The van der Waals surface area contributed by atoms with Crippen LogP contribution in [0.3, 0.4) is 0 Å². The SMILES string of the molecule is CCOC(=O)Nc1ccc(C(=O)NCc2cccnc2OCC(F)(F)F)cc1. The number of nitrogens with zero attached hydrogens (tertiary/aromatic N) is 1. The fraction of sp³-hybridized carbons (Fsp3) is 0.278. The molecule has 0 aliphatic rings. The standard InChI is InChI=1S/C18H18F3N3O4/c1-2-27-17(26)24-14-7-5-12(6-8-14)15(25)23-10-13-4-3-9-22-16(13)28-11-18(19,20)21/h3-9H,2,10-11H2,1H3,(H,23,25)(H,24,26). The van der Waals surface area contributed by atoms with Gasteiger partial charge >= 0.3 is 12.3 Å². The van der Waals surface area contributed by atoms with E-state index in [1.54, 1.807) is 6.92 Å². The van der Waals surface area contributed by atoms with E-state index in [-0.39, 0.29) is 19.0 Å². The second kappa shape index (κ2) is 9.58. The van der Waals surface area contributed by atoms with Gasteiger partial charge in [0.2, 0.25) is 5.88 Å². The molecule has 0 bridgehead atoms. The van der Waals surface area contributed by atoms with Crippen LogP contribution in [-0.4, -0.2) is 36.4 Å². The van der Waals surface area contributed by atoms with Crippen LogP contribution in [0.15, 0.2) is 42.6 Å². The molecule has 0 saturated heterocycles. The van der Waals surface area contributed by atoms with E-state index in [0.717, 1.165) is 0 Å². The zero-order valence-corrected chi connectivity index (χ0v) is 14.9. The molecule has 2 aromatic rings. The number of nitrogens with one attached hydrogen (secondary N) is 2. The molecule has 7 nitrogen and oxygen atoms in total. The number of rotatable bonds is 7. The maximum atomic E-state index is 12.3. The van der Waals surface area contributed by atoms with Crippen molar-refractivity contribution in [3.63, 3.8) is 0 Å². The molecule has 28 heavy (non-hydrogen) atoms. The van der Waals surface area contributed by atoms with Gasteiger partial charge < -0.3 is 14.8 Å². The lowest BCUT2D eigenvalue weighted by molar-refractivity contribution is -0.154. The number of carbonyl (C=O) groups excluding carboxylic acids is 2. The van der Waals surface area contributed by atoms with Crippen molar-refractivity contribution in [3.05, 3.63) is 53.7 Å². The number of benzene rings is 1. The van der Waals surface area contributed by atoms with Crippen molar-refractivity contribution in [2.45, 2.75) is 19.6 Å². The minimum atomic E-state index is -4.49. The lowest BCUT2D eigenvalue weighted by Gasteiger charge is -2.12. The van der Waals surface area contributed by atoms with Gasteiger partial charge in [-0.1, -0.05) is 6.07 Å². The average molecular weight is 397 g/mol. The van der Waals surface area contributed by atoms with Crippen LogP contribution in [0.1, 0.15) is 22.8 Å². The zero-order chi connectivity index (χ0) is 20.6. The Kier molecular flexibility index (Phi) is 7.19. The molecule has 150 valence electrons. The van der Waals surface area contributed by atoms with Crippen LogP contribution in [0.5, 0.6) is 5.88 Å². The summed E-state index contributed by atoms with van der Waals surface area (Å²) in [6.45, 7) is 0.368. The van der Waals surface area contributed by atoms with Crippen molar-refractivity contribution in [2.24, 2.45) is 0 Å². The Labute approximate surface area is 158 Å². The van der Waals surface area contributed by atoms with E-state index in [1.165, 1.54) is 42.6 Å². The summed E-state index contributed by atoms with van der Waals surface area (Å²) in [7, 11) is 0. The summed E-state index contributed by atoms with van der Waals surface area (Å²) in [5.41, 5.74) is 1.06. The maximum absolute atomic E-state index is 12.3. The van der Waals surface area contributed by atoms with Gasteiger partial charge in [-0.2, -0.15) is 13.2 Å². The van der Waals surface area contributed by atoms with E-state index < -0.39 is 24.8 Å². The van der Waals surface area contributed by atoms with E-state index in [0.29, 0.717) is 16.8 Å². The number of hydrogen-bond acceptors (Lipinski definition) is 5. The van der Waals surface area contributed by atoms with Crippen molar-refractivity contribution in [2.75, 3.05) is 18.5 Å². The lowest BCUT2D eigenvalue weighted by atomic mass is 10.2. The zero-order valence-electron chi connectivity index (χ0n) is 14.9. The van der Waals surface area contributed by atoms with Gasteiger partial charge in [-0.05, 0) is 37.3 Å². The molecule has 0 atom stereocenters.